The molecule has 11 heteroatoms. The van der Waals surface area contributed by atoms with Gasteiger partial charge in [0.2, 0.25) is 10.0 Å². The zero-order chi connectivity index (χ0) is 18.4. The maximum absolute atomic E-state index is 12.8. The monoisotopic (exact) mass is 377 g/mol. The number of rotatable bonds is 3. The molecular formula is C13H13F6NO3S. The first kappa shape index (κ1) is 19.0. The van der Waals surface area contributed by atoms with Gasteiger partial charge >= 0.3 is 12.4 Å². The van der Waals surface area contributed by atoms with E-state index >= 15 is 0 Å². The second kappa shape index (κ2) is 5.88. The van der Waals surface area contributed by atoms with E-state index in [1.54, 1.807) is 0 Å². The van der Waals surface area contributed by atoms with Crippen LogP contribution in [0.2, 0.25) is 0 Å². The molecule has 1 aliphatic heterocycles. The SMILES string of the molecule is CC1(NS(=O)(=O)c2cc(C(F)(F)F)cc(C(F)(F)F)c2)CCOC1. The maximum atomic E-state index is 12.8. The number of halogens is 6. The van der Waals surface area contributed by atoms with Gasteiger partial charge in [-0.1, -0.05) is 0 Å². The van der Waals surface area contributed by atoms with Gasteiger partial charge in [-0.05, 0) is 31.5 Å². The van der Waals surface area contributed by atoms with Gasteiger partial charge < -0.3 is 4.74 Å². The van der Waals surface area contributed by atoms with E-state index in [-0.39, 0.29) is 37.8 Å². The van der Waals surface area contributed by atoms with Crippen molar-refractivity contribution in [3.8, 4) is 0 Å². The summed E-state index contributed by atoms with van der Waals surface area (Å²) in [6.07, 6.45) is -9.99. The van der Waals surface area contributed by atoms with Crippen molar-refractivity contribution in [3.63, 3.8) is 0 Å². The van der Waals surface area contributed by atoms with Crippen LogP contribution in [-0.4, -0.2) is 27.2 Å². The van der Waals surface area contributed by atoms with E-state index < -0.39 is 43.9 Å². The number of nitrogens with one attached hydrogen (secondary N) is 1. The summed E-state index contributed by atoms with van der Waals surface area (Å²) in [7, 11) is -4.60. The van der Waals surface area contributed by atoms with Gasteiger partial charge in [0.25, 0.3) is 0 Å². The second-order valence-corrected chi connectivity index (χ2v) is 7.39. The maximum Gasteiger partial charge on any atom is 0.416 e. The largest absolute Gasteiger partial charge is 0.416 e. The first-order valence-corrected chi connectivity index (χ1v) is 8.13. The third kappa shape index (κ3) is 4.19. The van der Waals surface area contributed by atoms with E-state index in [2.05, 4.69) is 4.72 Å². The van der Waals surface area contributed by atoms with Crippen molar-refractivity contribution in [2.24, 2.45) is 0 Å². The Morgan fingerprint density at radius 1 is 1.04 bits per heavy atom. The minimum absolute atomic E-state index is 0.0304. The smallest absolute Gasteiger partial charge is 0.379 e. The molecule has 0 bridgehead atoms. The van der Waals surface area contributed by atoms with Crippen molar-refractivity contribution in [1.82, 2.24) is 4.72 Å². The predicted octanol–water partition coefficient (Wildman–Crippen LogP) is 3.18. The molecule has 0 aliphatic carbocycles. The highest BCUT2D eigenvalue weighted by Gasteiger charge is 2.40. The van der Waals surface area contributed by atoms with Crippen LogP contribution in [-0.2, 0) is 27.1 Å². The molecule has 1 fully saturated rings. The zero-order valence-corrected chi connectivity index (χ0v) is 13.1. The molecule has 1 aliphatic rings. The summed E-state index contributed by atoms with van der Waals surface area (Å²) >= 11 is 0. The summed E-state index contributed by atoms with van der Waals surface area (Å²) in [5.41, 5.74) is -4.47. The van der Waals surface area contributed by atoms with Crippen LogP contribution in [0.25, 0.3) is 0 Å². The quantitative estimate of drug-likeness (QED) is 0.824. The van der Waals surface area contributed by atoms with Crippen molar-refractivity contribution >= 4 is 10.0 Å². The Labute approximate surface area is 133 Å². The zero-order valence-electron chi connectivity index (χ0n) is 12.3. The molecule has 4 nitrogen and oxygen atoms in total. The molecular weight excluding hydrogens is 364 g/mol. The number of hydrogen-bond donors (Lipinski definition) is 1. The van der Waals surface area contributed by atoms with Gasteiger partial charge in [-0.15, -0.1) is 0 Å². The second-order valence-electron chi connectivity index (χ2n) is 5.71. The van der Waals surface area contributed by atoms with Crippen molar-refractivity contribution in [1.29, 1.82) is 0 Å². The molecule has 0 spiro atoms. The molecule has 1 saturated heterocycles. The fraction of sp³-hybridized carbons (Fsp3) is 0.538. The van der Waals surface area contributed by atoms with Crippen molar-refractivity contribution in [2.45, 2.75) is 36.1 Å². The van der Waals surface area contributed by atoms with Crippen LogP contribution in [0.5, 0.6) is 0 Å². The van der Waals surface area contributed by atoms with Crippen LogP contribution >= 0.6 is 0 Å². The number of benzene rings is 1. The van der Waals surface area contributed by atoms with Crippen LogP contribution in [0.4, 0.5) is 26.3 Å². The van der Waals surface area contributed by atoms with Gasteiger partial charge in [0.1, 0.15) is 0 Å². The minimum atomic E-state index is -5.12. The third-order valence-electron chi connectivity index (χ3n) is 3.47. The van der Waals surface area contributed by atoms with Crippen LogP contribution in [0.3, 0.4) is 0 Å². The Balaban J connectivity index is 2.52. The molecule has 0 radical (unpaired) electrons. The first-order chi connectivity index (χ1) is 10.7. The predicted molar refractivity (Wildman–Crippen MR) is 70.6 cm³/mol. The van der Waals surface area contributed by atoms with E-state index in [0.717, 1.165) is 0 Å². The van der Waals surface area contributed by atoms with E-state index in [0.29, 0.717) is 0 Å². The van der Waals surface area contributed by atoms with Crippen LogP contribution in [0.15, 0.2) is 23.1 Å². The van der Waals surface area contributed by atoms with Crippen LogP contribution in [0.1, 0.15) is 24.5 Å². The Bertz CT molecular complexity index is 688. The Morgan fingerprint density at radius 2 is 1.54 bits per heavy atom. The average Bonchev–Trinajstić information content (AvgIpc) is 2.81. The Morgan fingerprint density at radius 3 is 1.92 bits per heavy atom. The third-order valence-corrected chi connectivity index (χ3v) is 5.09. The normalized spacial score (nSPS) is 22.8. The molecule has 0 saturated carbocycles. The molecule has 1 heterocycles. The van der Waals surface area contributed by atoms with Gasteiger partial charge in [0.15, 0.2) is 0 Å². The number of alkyl halides is 6. The van der Waals surface area contributed by atoms with Gasteiger partial charge in [-0.3, -0.25) is 0 Å². The topological polar surface area (TPSA) is 55.4 Å². The summed E-state index contributed by atoms with van der Waals surface area (Å²) in [4.78, 5) is -1.10. The molecule has 0 amide bonds. The Kier molecular flexibility index (Phi) is 4.66. The summed E-state index contributed by atoms with van der Waals surface area (Å²) in [5.74, 6) is 0. The standard InChI is InChI=1S/C13H13F6NO3S/c1-11(2-3-23-7-11)20-24(21,22)10-5-8(12(14,15)16)4-9(6-10)13(17,18)19/h4-6,20H,2-3,7H2,1H3. The highest BCUT2D eigenvalue weighted by atomic mass is 32.2. The number of hydrogen-bond acceptors (Lipinski definition) is 3. The molecule has 1 aromatic carbocycles. The van der Waals surface area contributed by atoms with Gasteiger partial charge in [-0.25, -0.2) is 13.1 Å². The lowest BCUT2D eigenvalue weighted by molar-refractivity contribution is -0.143. The fourth-order valence-electron chi connectivity index (χ4n) is 2.21. The molecule has 1 atom stereocenters. The van der Waals surface area contributed by atoms with Crippen molar-refractivity contribution in [3.05, 3.63) is 29.3 Å². The van der Waals surface area contributed by atoms with Gasteiger partial charge in [-0.2, -0.15) is 26.3 Å². The first-order valence-electron chi connectivity index (χ1n) is 6.64. The van der Waals surface area contributed by atoms with Gasteiger partial charge in [0, 0.05) is 6.61 Å². The average molecular weight is 377 g/mol. The summed E-state index contributed by atoms with van der Waals surface area (Å²) in [5, 5.41) is 0. The highest BCUT2D eigenvalue weighted by molar-refractivity contribution is 7.89. The fourth-order valence-corrected chi connectivity index (χ4v) is 3.70. The van der Waals surface area contributed by atoms with Gasteiger partial charge in [0.05, 0.1) is 28.2 Å². The van der Waals surface area contributed by atoms with Crippen LogP contribution < -0.4 is 4.72 Å². The van der Waals surface area contributed by atoms with E-state index in [1.807, 2.05) is 0 Å². The number of sulfonamides is 1. The number of ether oxygens (including phenoxy) is 1. The molecule has 0 aromatic heterocycles. The lowest BCUT2D eigenvalue weighted by Gasteiger charge is -2.24. The summed E-state index contributed by atoms with van der Waals surface area (Å²) < 4.78 is 108. The summed E-state index contributed by atoms with van der Waals surface area (Å²) in [6, 6.07) is 0.229. The van der Waals surface area contributed by atoms with E-state index in [9.17, 15) is 34.8 Å². The summed E-state index contributed by atoms with van der Waals surface area (Å²) in [6.45, 7) is 1.66. The molecule has 136 valence electrons. The lowest BCUT2D eigenvalue weighted by atomic mass is 10.0. The van der Waals surface area contributed by atoms with E-state index in [1.165, 1.54) is 6.92 Å². The lowest BCUT2D eigenvalue weighted by Crippen LogP contribution is -2.46. The minimum Gasteiger partial charge on any atom is -0.379 e. The molecule has 1 aromatic rings. The molecule has 2 rings (SSSR count). The van der Waals surface area contributed by atoms with Crippen molar-refractivity contribution in [2.75, 3.05) is 13.2 Å². The van der Waals surface area contributed by atoms with Crippen molar-refractivity contribution < 1.29 is 39.5 Å². The highest BCUT2D eigenvalue weighted by Crippen LogP contribution is 2.37. The molecule has 1 N–H and O–H groups in total. The molecule has 1 unspecified atom stereocenters. The Hall–Kier alpha value is -1.33. The van der Waals surface area contributed by atoms with E-state index in [4.69, 9.17) is 4.74 Å². The van der Waals surface area contributed by atoms with Crippen LogP contribution in [0, 0.1) is 0 Å². The molecule has 24 heavy (non-hydrogen) atoms.